The fourth-order valence-corrected chi connectivity index (χ4v) is 4.93. The molecule has 1 aromatic heterocycles. The van der Waals surface area contributed by atoms with Gasteiger partial charge in [0.05, 0.1) is 0 Å². The Balaban J connectivity index is 1.44. The van der Waals surface area contributed by atoms with Crippen LogP contribution in [0.1, 0.15) is 42.9 Å². The Hall–Kier alpha value is -3.12. The molecule has 0 aliphatic heterocycles. The fourth-order valence-electron chi connectivity index (χ4n) is 3.91. The Labute approximate surface area is 193 Å². The summed E-state index contributed by atoms with van der Waals surface area (Å²) in [5.74, 6) is 0.142. The molecule has 5 nitrogen and oxygen atoms in total. The van der Waals surface area contributed by atoms with Crippen LogP contribution in [0.3, 0.4) is 0 Å². The largest absolute Gasteiger partial charge is 0.326 e. The molecule has 1 atom stereocenters. The van der Waals surface area contributed by atoms with E-state index in [0.29, 0.717) is 5.69 Å². The highest BCUT2D eigenvalue weighted by Gasteiger charge is 2.23. The number of pyridine rings is 1. The third-order valence-corrected chi connectivity index (χ3v) is 6.91. The number of carbonyl (C=O) groups excluding carboxylic acids is 2. The molecule has 4 rings (SSSR count). The molecular formula is C26H27N3O2S. The summed E-state index contributed by atoms with van der Waals surface area (Å²) in [7, 11) is 0. The van der Waals surface area contributed by atoms with Crippen LogP contribution in [-0.4, -0.2) is 16.8 Å². The van der Waals surface area contributed by atoms with Gasteiger partial charge in [-0.3, -0.25) is 14.6 Å². The third-order valence-electron chi connectivity index (χ3n) is 5.64. The first-order chi connectivity index (χ1) is 15.7. The predicted octanol–water partition coefficient (Wildman–Crippen LogP) is 6.07. The van der Waals surface area contributed by atoms with Crippen molar-refractivity contribution in [2.45, 2.75) is 42.2 Å². The van der Waals surface area contributed by atoms with Crippen molar-refractivity contribution >= 4 is 35.0 Å². The summed E-state index contributed by atoms with van der Waals surface area (Å²) in [5.41, 5.74) is 2.44. The molecule has 32 heavy (non-hydrogen) atoms. The van der Waals surface area contributed by atoms with Crippen molar-refractivity contribution in [1.29, 1.82) is 0 Å². The van der Waals surface area contributed by atoms with E-state index in [0.717, 1.165) is 41.8 Å². The van der Waals surface area contributed by atoms with Crippen LogP contribution in [0.25, 0.3) is 0 Å². The number of aromatic nitrogens is 1. The Morgan fingerprint density at radius 1 is 0.812 bits per heavy atom. The number of rotatable bonds is 7. The van der Waals surface area contributed by atoms with Crippen molar-refractivity contribution in [1.82, 2.24) is 4.98 Å². The fraction of sp³-hybridized carbons (Fsp3) is 0.269. The first-order valence-corrected chi connectivity index (χ1v) is 11.9. The number of amides is 2. The van der Waals surface area contributed by atoms with Gasteiger partial charge in [0, 0.05) is 34.6 Å². The number of thioether (sulfide) groups is 1. The van der Waals surface area contributed by atoms with Gasteiger partial charge in [-0.1, -0.05) is 49.6 Å². The maximum absolute atomic E-state index is 13.1. The van der Waals surface area contributed by atoms with Crippen LogP contribution in [0, 0.1) is 5.92 Å². The van der Waals surface area contributed by atoms with Gasteiger partial charge < -0.3 is 10.6 Å². The van der Waals surface area contributed by atoms with Gasteiger partial charge in [0.15, 0.2) is 0 Å². The van der Waals surface area contributed by atoms with E-state index in [2.05, 4.69) is 15.6 Å². The smallest absolute Gasteiger partial charge is 0.242 e. The standard InChI is InChI=1S/C26H27N3O2S/c30-25(20-9-5-2-6-10-20)28-21-11-13-23(14-12-21)32-24(19-7-3-1-4-8-19)26(31)29-22-15-17-27-18-16-22/h1,3-4,7-8,11-18,20,24H,2,5-6,9-10H2,(H,28,30)(H,27,29,31). The van der Waals surface area contributed by atoms with Crippen LogP contribution in [0.15, 0.2) is 84.0 Å². The molecule has 164 valence electrons. The summed E-state index contributed by atoms with van der Waals surface area (Å²) in [4.78, 5) is 30.6. The highest BCUT2D eigenvalue weighted by Crippen LogP contribution is 2.37. The molecule has 2 N–H and O–H groups in total. The van der Waals surface area contributed by atoms with Crippen molar-refractivity contribution in [2.75, 3.05) is 10.6 Å². The van der Waals surface area contributed by atoms with Crippen LogP contribution in [0.4, 0.5) is 11.4 Å². The second-order valence-corrected chi connectivity index (χ2v) is 9.16. The average molecular weight is 446 g/mol. The summed E-state index contributed by atoms with van der Waals surface area (Å²) in [5, 5.41) is 5.61. The number of hydrogen-bond donors (Lipinski definition) is 2. The lowest BCUT2D eigenvalue weighted by Gasteiger charge is -2.21. The molecule has 0 bridgehead atoms. The zero-order valence-corrected chi connectivity index (χ0v) is 18.7. The van der Waals surface area contributed by atoms with E-state index in [9.17, 15) is 9.59 Å². The number of carbonyl (C=O) groups is 2. The van der Waals surface area contributed by atoms with Gasteiger partial charge in [-0.15, -0.1) is 11.8 Å². The van der Waals surface area contributed by atoms with Gasteiger partial charge in [0.1, 0.15) is 5.25 Å². The minimum absolute atomic E-state index is 0.0953. The van der Waals surface area contributed by atoms with Crippen molar-refractivity contribution in [3.8, 4) is 0 Å². The SMILES string of the molecule is O=C(Nc1ccc(SC(C(=O)Nc2ccncc2)c2ccccc2)cc1)C1CCCCC1. The first kappa shape index (κ1) is 22.1. The molecule has 3 aromatic rings. The lowest BCUT2D eigenvalue weighted by Crippen LogP contribution is -2.24. The number of anilines is 2. The van der Waals surface area contributed by atoms with E-state index in [1.165, 1.54) is 18.2 Å². The highest BCUT2D eigenvalue weighted by molar-refractivity contribution is 8.00. The normalized spacial score (nSPS) is 15.0. The van der Waals surface area contributed by atoms with Crippen LogP contribution in [0.2, 0.25) is 0 Å². The van der Waals surface area contributed by atoms with Gasteiger partial charge in [-0.2, -0.15) is 0 Å². The molecule has 1 heterocycles. The molecule has 1 unspecified atom stereocenters. The number of nitrogens with zero attached hydrogens (tertiary/aromatic N) is 1. The second kappa shape index (κ2) is 11.0. The molecule has 0 radical (unpaired) electrons. The minimum atomic E-state index is -0.410. The molecule has 1 fully saturated rings. The van der Waals surface area contributed by atoms with Gasteiger partial charge in [-0.25, -0.2) is 0 Å². The topological polar surface area (TPSA) is 71.1 Å². The Morgan fingerprint density at radius 3 is 2.16 bits per heavy atom. The summed E-state index contributed by atoms with van der Waals surface area (Å²) >= 11 is 1.48. The lowest BCUT2D eigenvalue weighted by atomic mass is 9.88. The lowest BCUT2D eigenvalue weighted by molar-refractivity contribution is -0.120. The molecule has 0 spiro atoms. The molecule has 0 saturated heterocycles. The summed E-state index contributed by atoms with van der Waals surface area (Å²) < 4.78 is 0. The quantitative estimate of drug-likeness (QED) is 0.433. The average Bonchev–Trinajstić information content (AvgIpc) is 2.85. The van der Waals surface area contributed by atoms with Crippen LogP contribution < -0.4 is 10.6 Å². The maximum atomic E-state index is 13.1. The number of benzene rings is 2. The molecular weight excluding hydrogens is 418 g/mol. The molecule has 6 heteroatoms. The molecule has 2 aromatic carbocycles. The third kappa shape index (κ3) is 5.98. The van der Waals surface area contributed by atoms with Crippen LogP contribution >= 0.6 is 11.8 Å². The molecule has 1 saturated carbocycles. The molecule has 1 aliphatic rings. The van der Waals surface area contributed by atoms with Gasteiger partial charge in [-0.05, 0) is 54.8 Å². The second-order valence-electron chi connectivity index (χ2n) is 7.98. The van der Waals surface area contributed by atoms with Crippen molar-refractivity contribution in [2.24, 2.45) is 5.92 Å². The van der Waals surface area contributed by atoms with E-state index < -0.39 is 5.25 Å². The van der Waals surface area contributed by atoms with Gasteiger partial charge in [0.2, 0.25) is 11.8 Å². The molecule has 1 aliphatic carbocycles. The van der Waals surface area contributed by atoms with E-state index >= 15 is 0 Å². The highest BCUT2D eigenvalue weighted by atomic mass is 32.2. The minimum Gasteiger partial charge on any atom is -0.326 e. The maximum Gasteiger partial charge on any atom is 0.242 e. The summed E-state index contributed by atoms with van der Waals surface area (Å²) in [6.07, 6.45) is 8.76. The summed E-state index contributed by atoms with van der Waals surface area (Å²) in [6.45, 7) is 0. The Bertz CT molecular complexity index is 1020. The van der Waals surface area contributed by atoms with E-state index in [4.69, 9.17) is 0 Å². The van der Waals surface area contributed by atoms with Crippen molar-refractivity contribution in [3.63, 3.8) is 0 Å². The number of hydrogen-bond acceptors (Lipinski definition) is 4. The molecule has 2 amide bonds. The number of nitrogens with one attached hydrogen (secondary N) is 2. The summed E-state index contributed by atoms with van der Waals surface area (Å²) in [6, 6.07) is 21.0. The van der Waals surface area contributed by atoms with Crippen LogP contribution in [-0.2, 0) is 9.59 Å². The van der Waals surface area contributed by atoms with Gasteiger partial charge >= 0.3 is 0 Å². The van der Waals surface area contributed by atoms with E-state index in [-0.39, 0.29) is 17.7 Å². The Kier molecular flexibility index (Phi) is 7.56. The zero-order valence-electron chi connectivity index (χ0n) is 17.9. The van der Waals surface area contributed by atoms with E-state index in [1.54, 1.807) is 24.5 Å². The monoisotopic (exact) mass is 445 g/mol. The van der Waals surface area contributed by atoms with Crippen molar-refractivity contribution in [3.05, 3.63) is 84.7 Å². The van der Waals surface area contributed by atoms with Crippen LogP contribution in [0.5, 0.6) is 0 Å². The van der Waals surface area contributed by atoms with Gasteiger partial charge in [0.25, 0.3) is 0 Å². The zero-order chi connectivity index (χ0) is 22.2. The Morgan fingerprint density at radius 2 is 1.47 bits per heavy atom. The van der Waals surface area contributed by atoms with E-state index in [1.807, 2.05) is 54.6 Å². The predicted molar refractivity (Wildman–Crippen MR) is 130 cm³/mol. The van der Waals surface area contributed by atoms with Crippen molar-refractivity contribution < 1.29 is 9.59 Å². The first-order valence-electron chi connectivity index (χ1n) is 11.0.